The lowest BCUT2D eigenvalue weighted by Gasteiger charge is -2.38. The van der Waals surface area contributed by atoms with E-state index in [4.69, 9.17) is 9.15 Å². The lowest BCUT2D eigenvalue weighted by atomic mass is 10.0. The van der Waals surface area contributed by atoms with Gasteiger partial charge in [-0.15, -0.1) is 5.10 Å². The van der Waals surface area contributed by atoms with Crippen LogP contribution in [0.1, 0.15) is 33.5 Å². The number of aromatic nitrogens is 4. The third kappa shape index (κ3) is 4.55. The van der Waals surface area contributed by atoms with Crippen molar-refractivity contribution < 1.29 is 13.9 Å². The molecule has 2 aromatic carbocycles. The fourth-order valence-corrected chi connectivity index (χ4v) is 4.32. The Morgan fingerprint density at radius 1 is 1.00 bits per heavy atom. The minimum atomic E-state index is -0.129. The molecule has 0 aliphatic carbocycles. The zero-order valence-corrected chi connectivity index (χ0v) is 18.9. The van der Waals surface area contributed by atoms with Crippen molar-refractivity contribution in [2.75, 3.05) is 33.3 Å². The van der Waals surface area contributed by atoms with Crippen LogP contribution >= 0.6 is 0 Å². The molecule has 4 aromatic rings. The predicted molar refractivity (Wildman–Crippen MR) is 124 cm³/mol. The smallest absolute Gasteiger partial charge is 0.289 e. The molecule has 5 rings (SSSR count). The summed E-state index contributed by atoms with van der Waals surface area (Å²) in [4.78, 5) is 16.9. The van der Waals surface area contributed by atoms with Crippen LogP contribution in [0.4, 0.5) is 0 Å². The van der Waals surface area contributed by atoms with E-state index >= 15 is 0 Å². The van der Waals surface area contributed by atoms with Crippen molar-refractivity contribution in [3.8, 4) is 5.75 Å². The van der Waals surface area contributed by atoms with E-state index in [1.54, 1.807) is 19.2 Å². The lowest BCUT2D eigenvalue weighted by molar-refractivity contribution is 0.0559. The molecule has 3 heterocycles. The van der Waals surface area contributed by atoms with Gasteiger partial charge in [-0.2, -0.15) is 0 Å². The van der Waals surface area contributed by atoms with Crippen molar-refractivity contribution in [1.82, 2.24) is 30.0 Å². The fourth-order valence-electron chi connectivity index (χ4n) is 4.32. The number of rotatable bonds is 7. The average molecular weight is 459 g/mol. The van der Waals surface area contributed by atoms with Gasteiger partial charge in [0.15, 0.2) is 11.6 Å². The summed E-state index contributed by atoms with van der Waals surface area (Å²) >= 11 is 0. The van der Waals surface area contributed by atoms with Crippen LogP contribution in [0.2, 0.25) is 0 Å². The number of piperazine rings is 1. The number of hydrogen-bond acceptors (Lipinski definition) is 7. The van der Waals surface area contributed by atoms with Crippen molar-refractivity contribution in [3.05, 3.63) is 95.7 Å². The number of furan rings is 1. The van der Waals surface area contributed by atoms with Gasteiger partial charge in [0.1, 0.15) is 5.75 Å². The minimum absolute atomic E-state index is 0.0785. The number of hydrogen-bond donors (Lipinski definition) is 0. The number of ether oxygens (including phenoxy) is 1. The monoisotopic (exact) mass is 458 g/mol. The molecule has 9 heteroatoms. The zero-order valence-electron chi connectivity index (χ0n) is 18.9. The molecule has 1 aliphatic heterocycles. The molecule has 0 spiro atoms. The normalized spacial score (nSPS) is 15.3. The van der Waals surface area contributed by atoms with E-state index in [0.717, 1.165) is 22.7 Å². The van der Waals surface area contributed by atoms with Crippen molar-refractivity contribution in [2.45, 2.75) is 12.6 Å². The average Bonchev–Trinajstić information content (AvgIpc) is 3.59. The van der Waals surface area contributed by atoms with Gasteiger partial charge in [0.2, 0.25) is 0 Å². The summed E-state index contributed by atoms with van der Waals surface area (Å²) in [5, 5.41) is 12.7. The number of methoxy groups -OCH3 is 1. The maximum absolute atomic E-state index is 12.7. The number of carbonyl (C=O) groups is 1. The molecule has 1 fully saturated rings. The Balaban J connectivity index is 1.38. The van der Waals surface area contributed by atoms with Gasteiger partial charge in [-0.05, 0) is 45.8 Å². The van der Waals surface area contributed by atoms with Gasteiger partial charge in [0.25, 0.3) is 5.91 Å². The predicted octanol–water partition coefficient (Wildman–Crippen LogP) is 2.87. The van der Waals surface area contributed by atoms with Gasteiger partial charge in [0.05, 0.1) is 26.0 Å². The number of nitrogens with zero attached hydrogens (tertiary/aromatic N) is 6. The van der Waals surface area contributed by atoms with E-state index in [1.807, 2.05) is 52.0 Å². The maximum Gasteiger partial charge on any atom is 0.289 e. The first-order valence-corrected chi connectivity index (χ1v) is 11.2. The quantitative estimate of drug-likeness (QED) is 0.421. The first kappa shape index (κ1) is 21.8. The van der Waals surface area contributed by atoms with Crippen molar-refractivity contribution >= 4 is 5.91 Å². The summed E-state index contributed by atoms with van der Waals surface area (Å²) in [7, 11) is 1.65. The molecule has 9 nitrogen and oxygen atoms in total. The van der Waals surface area contributed by atoms with Crippen LogP contribution in [0.3, 0.4) is 0 Å². The third-order valence-electron chi connectivity index (χ3n) is 6.11. The van der Waals surface area contributed by atoms with Crippen molar-refractivity contribution in [1.29, 1.82) is 0 Å². The van der Waals surface area contributed by atoms with E-state index < -0.39 is 0 Å². The summed E-state index contributed by atoms with van der Waals surface area (Å²) < 4.78 is 12.4. The molecule has 34 heavy (non-hydrogen) atoms. The van der Waals surface area contributed by atoms with Gasteiger partial charge in [-0.25, -0.2) is 4.68 Å². The maximum atomic E-state index is 12.7. The van der Waals surface area contributed by atoms with E-state index in [0.29, 0.717) is 38.5 Å². The molecule has 0 saturated carbocycles. The molecule has 2 aromatic heterocycles. The van der Waals surface area contributed by atoms with Gasteiger partial charge < -0.3 is 14.1 Å². The highest BCUT2D eigenvalue weighted by atomic mass is 16.5. The van der Waals surface area contributed by atoms with E-state index in [1.165, 1.54) is 6.26 Å². The lowest BCUT2D eigenvalue weighted by Crippen LogP contribution is -2.50. The van der Waals surface area contributed by atoms with Crippen LogP contribution in [-0.4, -0.2) is 69.2 Å². The Labute approximate surface area is 197 Å². The second-order valence-electron chi connectivity index (χ2n) is 8.16. The highest BCUT2D eigenvalue weighted by Gasteiger charge is 2.32. The molecule has 0 N–H and O–H groups in total. The van der Waals surface area contributed by atoms with Crippen molar-refractivity contribution in [2.24, 2.45) is 0 Å². The van der Waals surface area contributed by atoms with E-state index in [-0.39, 0.29) is 11.9 Å². The molecule has 1 aliphatic rings. The van der Waals surface area contributed by atoms with Gasteiger partial charge in [0, 0.05) is 26.2 Å². The molecule has 1 atom stereocenters. The number of amides is 1. The number of carbonyl (C=O) groups excluding carboxylic acids is 1. The standard InChI is InChI=1S/C25H26N6O3/c1-33-21-11-9-19(10-12-21)18-31-24(26-27-28-31)23(20-6-3-2-4-7-20)29-13-15-30(16-14-29)25(32)22-8-5-17-34-22/h2-12,17,23H,13-16,18H2,1H3. The summed E-state index contributed by atoms with van der Waals surface area (Å²) in [5.41, 5.74) is 2.19. The Bertz CT molecular complexity index is 1200. The molecule has 0 bridgehead atoms. The summed E-state index contributed by atoms with van der Waals surface area (Å²) in [6.45, 7) is 3.14. The molecule has 1 unspecified atom stereocenters. The number of tetrazole rings is 1. The van der Waals surface area contributed by atoms with Gasteiger partial charge >= 0.3 is 0 Å². The van der Waals surface area contributed by atoms with Crippen LogP contribution in [0.25, 0.3) is 0 Å². The highest BCUT2D eigenvalue weighted by molar-refractivity contribution is 5.91. The van der Waals surface area contributed by atoms with Gasteiger partial charge in [-0.1, -0.05) is 42.5 Å². The van der Waals surface area contributed by atoms with Crippen LogP contribution in [-0.2, 0) is 6.54 Å². The largest absolute Gasteiger partial charge is 0.497 e. The SMILES string of the molecule is COc1ccc(Cn2nnnc2C(c2ccccc2)N2CCN(C(=O)c3ccco3)CC2)cc1. The van der Waals surface area contributed by atoms with Crippen LogP contribution < -0.4 is 4.74 Å². The Kier molecular flexibility index (Phi) is 6.35. The van der Waals surface area contributed by atoms with Gasteiger partial charge in [-0.3, -0.25) is 9.69 Å². The van der Waals surface area contributed by atoms with Crippen LogP contribution in [0.15, 0.2) is 77.4 Å². The Morgan fingerprint density at radius 3 is 2.44 bits per heavy atom. The molecule has 174 valence electrons. The molecule has 0 radical (unpaired) electrons. The van der Waals surface area contributed by atoms with E-state index in [2.05, 4.69) is 32.6 Å². The fraction of sp³-hybridized carbons (Fsp3) is 0.280. The zero-order chi connectivity index (χ0) is 23.3. The minimum Gasteiger partial charge on any atom is -0.497 e. The second kappa shape index (κ2) is 9.88. The first-order valence-electron chi connectivity index (χ1n) is 11.2. The summed E-state index contributed by atoms with van der Waals surface area (Å²) in [6, 6.07) is 21.4. The topological polar surface area (TPSA) is 89.5 Å². The Morgan fingerprint density at radius 2 is 1.76 bits per heavy atom. The summed E-state index contributed by atoms with van der Waals surface area (Å²) in [6.07, 6.45) is 1.53. The van der Waals surface area contributed by atoms with E-state index in [9.17, 15) is 4.79 Å². The molecule has 1 amide bonds. The highest BCUT2D eigenvalue weighted by Crippen LogP contribution is 2.28. The van der Waals surface area contributed by atoms with Crippen molar-refractivity contribution in [3.63, 3.8) is 0 Å². The van der Waals surface area contributed by atoms with Crippen LogP contribution in [0.5, 0.6) is 5.75 Å². The van der Waals surface area contributed by atoms with Crippen LogP contribution in [0, 0.1) is 0 Å². The molecule has 1 saturated heterocycles. The Hall–Kier alpha value is -3.98. The first-order chi connectivity index (χ1) is 16.7. The summed E-state index contributed by atoms with van der Waals surface area (Å²) in [5.74, 6) is 1.87. The molecular formula is C25H26N6O3. The molecular weight excluding hydrogens is 432 g/mol. The third-order valence-corrected chi connectivity index (χ3v) is 6.11. The second-order valence-corrected chi connectivity index (χ2v) is 8.16. The number of benzene rings is 2.